The summed E-state index contributed by atoms with van der Waals surface area (Å²) in [5, 5.41) is 15.1. The second-order valence-corrected chi connectivity index (χ2v) is 9.32. The van der Waals surface area contributed by atoms with Crippen molar-refractivity contribution >= 4 is 39.8 Å². The van der Waals surface area contributed by atoms with E-state index in [0.717, 1.165) is 22.2 Å². The molecule has 0 spiro atoms. The molecule has 1 amide bonds. The van der Waals surface area contributed by atoms with Crippen molar-refractivity contribution < 1.29 is 9.53 Å². The maximum atomic E-state index is 12.6. The molecule has 2 N–H and O–H groups in total. The summed E-state index contributed by atoms with van der Waals surface area (Å²) in [5.74, 6) is 1.09. The summed E-state index contributed by atoms with van der Waals surface area (Å²) in [7, 11) is 1.63. The highest BCUT2D eigenvalue weighted by Crippen LogP contribution is 2.31. The van der Waals surface area contributed by atoms with Crippen molar-refractivity contribution in [2.24, 2.45) is 0 Å². The molecular weight excluding hydrogens is 416 g/mol. The van der Waals surface area contributed by atoms with Crippen molar-refractivity contribution in [3.63, 3.8) is 0 Å². The van der Waals surface area contributed by atoms with Gasteiger partial charge in [-0.3, -0.25) is 4.79 Å². The van der Waals surface area contributed by atoms with Crippen molar-refractivity contribution in [3.8, 4) is 5.75 Å². The molecule has 0 aliphatic heterocycles. The SMILES string of the molecule is CC[C@@H](CNC(=O)[C@@H](C)Sc1nnc(Nc2cccc(OC)c2)s1)c1ccccc1. The lowest BCUT2D eigenvalue weighted by Crippen LogP contribution is -2.34. The van der Waals surface area contributed by atoms with Crippen LogP contribution in [0.5, 0.6) is 5.75 Å². The fraction of sp³-hybridized carbons (Fsp3) is 0.318. The molecule has 3 rings (SSSR count). The number of aromatic nitrogens is 2. The quantitative estimate of drug-likeness (QED) is 0.427. The van der Waals surface area contributed by atoms with Crippen molar-refractivity contribution in [3.05, 3.63) is 60.2 Å². The summed E-state index contributed by atoms with van der Waals surface area (Å²) in [6, 6.07) is 17.9. The van der Waals surface area contributed by atoms with Gasteiger partial charge >= 0.3 is 0 Å². The van der Waals surface area contributed by atoms with Gasteiger partial charge in [0.1, 0.15) is 5.75 Å². The van der Waals surface area contributed by atoms with Crippen LogP contribution in [0.15, 0.2) is 58.9 Å². The zero-order valence-electron chi connectivity index (χ0n) is 17.3. The number of anilines is 2. The highest BCUT2D eigenvalue weighted by atomic mass is 32.2. The van der Waals surface area contributed by atoms with Gasteiger partial charge in [0.25, 0.3) is 0 Å². The topological polar surface area (TPSA) is 76.1 Å². The Morgan fingerprint density at radius 1 is 1.17 bits per heavy atom. The molecule has 0 bridgehead atoms. The van der Waals surface area contributed by atoms with E-state index in [4.69, 9.17) is 4.74 Å². The van der Waals surface area contributed by atoms with Crippen LogP contribution in [0.25, 0.3) is 0 Å². The number of hydrogen-bond acceptors (Lipinski definition) is 7. The summed E-state index contributed by atoms with van der Waals surface area (Å²) in [6.45, 7) is 4.66. The van der Waals surface area contributed by atoms with Crippen molar-refractivity contribution in [1.29, 1.82) is 0 Å². The van der Waals surface area contributed by atoms with Gasteiger partial charge in [0.05, 0.1) is 12.4 Å². The number of nitrogens with one attached hydrogen (secondary N) is 2. The molecule has 0 saturated heterocycles. The third kappa shape index (κ3) is 6.21. The number of hydrogen-bond donors (Lipinski definition) is 2. The molecule has 1 aromatic heterocycles. The molecule has 0 radical (unpaired) electrons. The fourth-order valence-electron chi connectivity index (χ4n) is 2.93. The van der Waals surface area contributed by atoms with Crippen molar-refractivity contribution in [2.75, 3.05) is 19.0 Å². The van der Waals surface area contributed by atoms with Gasteiger partial charge in [-0.1, -0.05) is 66.4 Å². The van der Waals surface area contributed by atoms with Gasteiger partial charge < -0.3 is 15.4 Å². The monoisotopic (exact) mass is 442 g/mol. The van der Waals surface area contributed by atoms with Gasteiger partial charge in [0.2, 0.25) is 11.0 Å². The first-order valence-electron chi connectivity index (χ1n) is 9.83. The van der Waals surface area contributed by atoms with Gasteiger partial charge in [-0.2, -0.15) is 0 Å². The number of ether oxygens (including phenoxy) is 1. The Labute approximate surface area is 185 Å². The van der Waals surface area contributed by atoms with Crippen molar-refractivity contribution in [1.82, 2.24) is 15.5 Å². The zero-order chi connectivity index (χ0) is 21.3. The Hall–Kier alpha value is -2.58. The van der Waals surface area contributed by atoms with Gasteiger partial charge in [0, 0.05) is 24.2 Å². The fourth-order valence-corrected chi connectivity index (χ4v) is 4.87. The lowest BCUT2D eigenvalue weighted by atomic mass is 9.96. The smallest absolute Gasteiger partial charge is 0.233 e. The van der Waals surface area contributed by atoms with E-state index in [1.165, 1.54) is 28.7 Å². The molecule has 2 aromatic carbocycles. The highest BCUT2D eigenvalue weighted by Gasteiger charge is 2.19. The number of thioether (sulfide) groups is 1. The normalized spacial score (nSPS) is 12.8. The largest absolute Gasteiger partial charge is 0.497 e. The van der Waals surface area contributed by atoms with Gasteiger partial charge in [-0.05, 0) is 31.0 Å². The average molecular weight is 443 g/mol. The molecule has 0 aliphatic rings. The molecule has 158 valence electrons. The maximum Gasteiger partial charge on any atom is 0.233 e. The predicted molar refractivity (Wildman–Crippen MR) is 124 cm³/mol. The Morgan fingerprint density at radius 2 is 1.97 bits per heavy atom. The Balaban J connectivity index is 1.51. The third-order valence-electron chi connectivity index (χ3n) is 4.66. The minimum atomic E-state index is -0.254. The minimum absolute atomic E-state index is 0.00638. The number of benzene rings is 2. The van der Waals surface area contributed by atoms with Gasteiger partial charge in [-0.25, -0.2) is 0 Å². The summed E-state index contributed by atoms with van der Waals surface area (Å²) < 4.78 is 5.98. The molecule has 8 heteroatoms. The van der Waals surface area contributed by atoms with Crippen LogP contribution in [-0.4, -0.2) is 35.0 Å². The van der Waals surface area contributed by atoms with E-state index in [2.05, 4.69) is 39.9 Å². The van der Waals surface area contributed by atoms with Crippen LogP contribution in [-0.2, 0) is 4.79 Å². The van der Waals surface area contributed by atoms with Gasteiger partial charge in [0.15, 0.2) is 4.34 Å². The first kappa shape index (κ1) is 22.1. The van der Waals surface area contributed by atoms with Crippen molar-refractivity contribution in [2.45, 2.75) is 35.8 Å². The average Bonchev–Trinajstić information content (AvgIpc) is 3.21. The number of nitrogens with zero attached hydrogens (tertiary/aromatic N) is 2. The molecular formula is C22H26N4O2S2. The molecule has 0 fully saturated rings. The standard InChI is InChI=1S/C22H26N4O2S2/c1-4-16(17-9-6-5-7-10-17)14-23-20(27)15(2)29-22-26-25-21(30-22)24-18-11-8-12-19(13-18)28-3/h5-13,15-16H,4,14H2,1-3H3,(H,23,27)(H,24,25)/t15-,16+/m1/s1. The van der Waals surface area contributed by atoms with E-state index in [1.807, 2.05) is 49.4 Å². The maximum absolute atomic E-state index is 12.6. The Morgan fingerprint density at radius 3 is 2.70 bits per heavy atom. The van der Waals surface area contributed by atoms with E-state index < -0.39 is 0 Å². The number of carbonyl (C=O) groups is 1. The lowest BCUT2D eigenvalue weighted by Gasteiger charge is -2.17. The van der Waals surface area contributed by atoms with Crippen LogP contribution < -0.4 is 15.4 Å². The first-order chi connectivity index (χ1) is 14.6. The molecule has 2 atom stereocenters. The van der Waals surface area contributed by atoms with Crippen LogP contribution in [0.3, 0.4) is 0 Å². The third-order valence-corrected chi connectivity index (χ3v) is 6.68. The van der Waals surface area contributed by atoms with E-state index >= 15 is 0 Å². The summed E-state index contributed by atoms with van der Waals surface area (Å²) in [4.78, 5) is 12.6. The molecule has 1 heterocycles. The van der Waals surface area contributed by atoms with Gasteiger partial charge in [-0.15, -0.1) is 10.2 Å². The number of rotatable bonds is 10. The lowest BCUT2D eigenvalue weighted by molar-refractivity contribution is -0.120. The summed E-state index contributed by atoms with van der Waals surface area (Å²) in [5.41, 5.74) is 2.12. The highest BCUT2D eigenvalue weighted by molar-refractivity contribution is 8.02. The molecule has 0 unspecified atom stereocenters. The van der Waals surface area contributed by atoms with E-state index in [-0.39, 0.29) is 11.2 Å². The molecule has 30 heavy (non-hydrogen) atoms. The number of amides is 1. The van der Waals surface area contributed by atoms with Crippen LogP contribution in [0.4, 0.5) is 10.8 Å². The predicted octanol–water partition coefficient (Wildman–Crippen LogP) is 5.08. The Bertz CT molecular complexity index is 949. The van der Waals surface area contributed by atoms with E-state index in [1.54, 1.807) is 7.11 Å². The van der Waals surface area contributed by atoms with Crippen LogP contribution >= 0.6 is 23.1 Å². The first-order valence-corrected chi connectivity index (χ1v) is 11.5. The molecule has 3 aromatic rings. The number of carbonyl (C=O) groups excluding carboxylic acids is 1. The summed E-state index contributed by atoms with van der Waals surface area (Å²) in [6.07, 6.45) is 0.974. The minimum Gasteiger partial charge on any atom is -0.497 e. The van der Waals surface area contributed by atoms with E-state index in [9.17, 15) is 4.79 Å². The Kier molecular flexibility index (Phi) is 8.10. The number of methoxy groups -OCH3 is 1. The molecule has 6 nitrogen and oxygen atoms in total. The molecule has 0 aliphatic carbocycles. The zero-order valence-corrected chi connectivity index (χ0v) is 18.9. The van der Waals surface area contributed by atoms with E-state index in [0.29, 0.717) is 17.6 Å². The van der Waals surface area contributed by atoms with Crippen LogP contribution in [0, 0.1) is 0 Å². The van der Waals surface area contributed by atoms with Crippen LogP contribution in [0.2, 0.25) is 0 Å². The van der Waals surface area contributed by atoms with Crippen LogP contribution in [0.1, 0.15) is 31.7 Å². The second-order valence-electron chi connectivity index (χ2n) is 6.75. The second kappa shape index (κ2) is 11.0. The summed E-state index contributed by atoms with van der Waals surface area (Å²) >= 11 is 2.84. The molecule has 0 saturated carbocycles.